The van der Waals surface area contributed by atoms with Gasteiger partial charge in [-0.1, -0.05) is 18.2 Å². The van der Waals surface area contributed by atoms with Crippen LogP contribution in [-0.2, 0) is 84.7 Å². The zero-order valence-corrected chi connectivity index (χ0v) is 41.2. The summed E-state index contributed by atoms with van der Waals surface area (Å²) < 4.78 is 161. The molecule has 380 valence electrons. The molecule has 0 bridgehead atoms. The standard InChI is InChI=1S/C43H55N3O19S4/c1-42(18-7-27-66(50,51)52)33-29-31(68(56,57)58)11-13-35(33)44(20-23-62-3)37(42)9-5-4-6-10-38-43(2,19-8-28-67(53,54)55)34-30-32(69(59,60)61)12-14-36(34)45(38)21-24-64-26-25-63-22-17-41(49)65-46-39(47)15-16-40(46)48/h4-6,9-14,29-30H,7-8,15-28H2,1-3H3,(H3-,50,51,52,53,54,55,56,57,58,59,60,61)/p-3. The lowest BCUT2D eigenvalue weighted by Gasteiger charge is -2.30. The van der Waals surface area contributed by atoms with E-state index >= 15 is 0 Å². The summed E-state index contributed by atoms with van der Waals surface area (Å²) in [6.45, 7) is 4.00. The van der Waals surface area contributed by atoms with Crippen LogP contribution in [0.15, 0.2) is 82.3 Å². The van der Waals surface area contributed by atoms with Crippen molar-refractivity contribution in [2.75, 3.05) is 69.6 Å². The summed E-state index contributed by atoms with van der Waals surface area (Å²) in [5, 5.41) is 0.433. The number of benzene rings is 2. The highest BCUT2D eigenvalue weighted by Gasteiger charge is 2.48. The molecule has 3 aliphatic heterocycles. The minimum atomic E-state index is -4.96. The third kappa shape index (κ3) is 14.2. The molecule has 22 nitrogen and oxygen atoms in total. The van der Waals surface area contributed by atoms with E-state index in [9.17, 15) is 66.3 Å². The van der Waals surface area contributed by atoms with Gasteiger partial charge in [0.25, 0.3) is 11.8 Å². The Balaban J connectivity index is 1.44. The molecule has 26 heteroatoms. The molecule has 3 aliphatic rings. The summed E-state index contributed by atoms with van der Waals surface area (Å²) >= 11 is 0. The number of allylic oxidation sites excluding steroid dienone is 6. The predicted molar refractivity (Wildman–Crippen MR) is 240 cm³/mol. The fourth-order valence-corrected chi connectivity index (χ4v) is 10.6. The van der Waals surface area contributed by atoms with Gasteiger partial charge in [0.15, 0.2) is 12.3 Å². The number of nitrogens with zero attached hydrogens (tertiary/aromatic N) is 3. The summed E-state index contributed by atoms with van der Waals surface area (Å²) in [7, 11) is -17.7. The van der Waals surface area contributed by atoms with E-state index in [1.54, 1.807) is 48.8 Å². The molecule has 2 amide bonds. The van der Waals surface area contributed by atoms with Gasteiger partial charge in [0.1, 0.15) is 26.8 Å². The number of hydrogen-bond acceptors (Lipinski definition) is 20. The van der Waals surface area contributed by atoms with Gasteiger partial charge in [0.05, 0.1) is 68.3 Å². The van der Waals surface area contributed by atoms with E-state index in [0.29, 0.717) is 39.0 Å². The maximum Gasteiger partial charge on any atom is 0.335 e. The van der Waals surface area contributed by atoms with Crippen molar-refractivity contribution in [2.45, 2.75) is 79.4 Å². The predicted octanol–water partition coefficient (Wildman–Crippen LogP) is 1.95. The average Bonchev–Trinajstić information content (AvgIpc) is 3.77. The SMILES string of the molecule is COCCN1/C(=C/C=C/C=C/C2=[N+](CCOCCOCCC(=O)ON3C(=O)CCC3=O)c3ccc(S(=O)(=O)[O-])cc3C2(C)CCCS(=O)(=O)[O-])C(C)(CCCS(=O)(=O)[O-])c2cc(S(=O)(=O)[O-])ccc21. The van der Waals surface area contributed by atoms with Crippen molar-refractivity contribution >= 4 is 75.3 Å². The highest BCUT2D eigenvalue weighted by molar-refractivity contribution is 7.86. The molecule has 0 aromatic heterocycles. The summed E-state index contributed by atoms with van der Waals surface area (Å²) in [5.41, 5.74) is 0.494. The van der Waals surface area contributed by atoms with Gasteiger partial charge < -0.3 is 42.2 Å². The van der Waals surface area contributed by atoms with Crippen molar-refractivity contribution in [1.29, 1.82) is 0 Å². The summed E-state index contributed by atoms with van der Waals surface area (Å²) in [4.78, 5) is 41.1. The van der Waals surface area contributed by atoms with Crippen LogP contribution in [0.4, 0.5) is 11.4 Å². The highest BCUT2D eigenvalue weighted by Crippen LogP contribution is 2.51. The van der Waals surface area contributed by atoms with Crippen LogP contribution >= 0.6 is 0 Å². The summed E-state index contributed by atoms with van der Waals surface area (Å²) in [5.74, 6) is -3.51. The average molecular weight is 1040 g/mol. The number of amides is 2. The van der Waals surface area contributed by atoms with Crippen molar-refractivity contribution < 1.29 is 89.9 Å². The lowest BCUT2D eigenvalue weighted by Crippen LogP contribution is -2.32. The molecule has 1 saturated heterocycles. The van der Waals surface area contributed by atoms with Crippen LogP contribution in [0, 0.1) is 0 Å². The molecule has 3 heterocycles. The third-order valence-corrected chi connectivity index (χ3v) is 15.1. The molecule has 5 rings (SSSR count). The highest BCUT2D eigenvalue weighted by atomic mass is 32.2. The fraction of sp³-hybridized carbons (Fsp3) is 0.488. The monoisotopic (exact) mass is 1040 g/mol. The molecule has 0 aliphatic carbocycles. The normalized spacial score (nSPS) is 20.6. The first kappa shape index (κ1) is 55.2. The molecular formula is C43H52N3O19S4-3. The maximum absolute atomic E-state index is 12.2. The van der Waals surface area contributed by atoms with Gasteiger partial charge in [0, 0.05) is 72.5 Å². The molecule has 2 atom stereocenters. The smallest absolute Gasteiger partial charge is 0.335 e. The second kappa shape index (κ2) is 22.6. The van der Waals surface area contributed by atoms with Gasteiger partial charge in [-0.05, 0) is 81.5 Å². The van der Waals surface area contributed by atoms with Gasteiger partial charge in [-0.2, -0.15) is 4.58 Å². The van der Waals surface area contributed by atoms with Crippen molar-refractivity contribution in [1.82, 2.24) is 5.06 Å². The molecule has 2 aromatic carbocycles. The second-order valence-corrected chi connectivity index (χ2v) is 22.5. The van der Waals surface area contributed by atoms with Crippen LogP contribution in [-0.4, -0.2) is 150 Å². The Bertz CT molecular complexity index is 2860. The Labute approximate surface area is 401 Å². The molecular weight excluding hydrogens is 991 g/mol. The first-order valence-electron chi connectivity index (χ1n) is 21.5. The fourth-order valence-electron chi connectivity index (χ4n) is 8.57. The Morgan fingerprint density at radius 2 is 1.29 bits per heavy atom. The number of anilines is 1. The Morgan fingerprint density at radius 1 is 0.725 bits per heavy atom. The lowest BCUT2D eigenvalue weighted by molar-refractivity contribution is -0.442. The number of rotatable bonds is 26. The maximum atomic E-state index is 12.2. The Kier molecular flexibility index (Phi) is 18.0. The number of carbonyl (C=O) groups is 3. The van der Waals surface area contributed by atoms with E-state index in [1.165, 1.54) is 37.4 Å². The molecule has 0 N–H and O–H groups in total. The van der Waals surface area contributed by atoms with E-state index in [1.807, 2.05) is 4.90 Å². The molecule has 1 fully saturated rings. The van der Waals surface area contributed by atoms with Gasteiger partial charge >= 0.3 is 5.97 Å². The van der Waals surface area contributed by atoms with Crippen molar-refractivity contribution in [3.05, 3.63) is 83.6 Å². The van der Waals surface area contributed by atoms with E-state index in [2.05, 4.69) is 0 Å². The quantitative estimate of drug-likeness (QED) is 0.0427. The van der Waals surface area contributed by atoms with E-state index in [4.69, 9.17) is 19.0 Å². The zero-order valence-electron chi connectivity index (χ0n) is 37.9. The largest absolute Gasteiger partial charge is 0.748 e. The minimum absolute atomic E-state index is 0.0101. The molecule has 0 saturated carbocycles. The zero-order chi connectivity index (χ0) is 51.0. The van der Waals surface area contributed by atoms with Crippen LogP contribution in [0.2, 0.25) is 0 Å². The van der Waals surface area contributed by atoms with Crippen molar-refractivity contribution in [3.8, 4) is 0 Å². The van der Waals surface area contributed by atoms with E-state index < -0.39 is 90.4 Å². The number of methoxy groups -OCH3 is 1. The summed E-state index contributed by atoms with van der Waals surface area (Å²) in [6, 6.07) is 7.65. The van der Waals surface area contributed by atoms with Crippen LogP contribution in [0.25, 0.3) is 0 Å². The molecule has 2 aromatic rings. The summed E-state index contributed by atoms with van der Waals surface area (Å²) in [6.07, 6.45) is 7.71. The van der Waals surface area contributed by atoms with E-state index in [-0.39, 0.29) is 91.1 Å². The van der Waals surface area contributed by atoms with Gasteiger partial charge in [-0.25, -0.2) is 38.5 Å². The van der Waals surface area contributed by atoms with Crippen LogP contribution in [0.5, 0.6) is 0 Å². The lowest BCUT2D eigenvalue weighted by atomic mass is 9.76. The third-order valence-electron chi connectivity index (χ3n) is 11.9. The second-order valence-electron chi connectivity index (χ2n) is 16.7. The van der Waals surface area contributed by atoms with Crippen LogP contribution in [0.3, 0.4) is 0 Å². The number of ether oxygens (including phenoxy) is 3. The van der Waals surface area contributed by atoms with Gasteiger partial charge in [-0.3, -0.25) is 9.59 Å². The van der Waals surface area contributed by atoms with Gasteiger partial charge in [0.2, 0.25) is 5.69 Å². The first-order chi connectivity index (χ1) is 32.2. The van der Waals surface area contributed by atoms with E-state index in [0.717, 1.165) is 6.07 Å². The molecule has 0 radical (unpaired) electrons. The number of fused-ring (bicyclic) bond motifs is 2. The molecule has 2 unspecified atom stereocenters. The topological polar surface area (TPSA) is 326 Å². The number of imide groups is 1. The van der Waals surface area contributed by atoms with Crippen molar-refractivity contribution in [3.63, 3.8) is 0 Å². The number of hydroxylamine groups is 2. The Morgan fingerprint density at radius 3 is 1.87 bits per heavy atom. The molecule has 0 spiro atoms. The van der Waals surface area contributed by atoms with Crippen LogP contribution in [0.1, 0.15) is 69.9 Å². The van der Waals surface area contributed by atoms with Crippen LogP contribution < -0.4 is 4.90 Å². The van der Waals surface area contributed by atoms with Crippen molar-refractivity contribution in [2.24, 2.45) is 0 Å². The number of hydrogen-bond donors (Lipinski definition) is 0. The molecule has 69 heavy (non-hydrogen) atoms. The minimum Gasteiger partial charge on any atom is -0.748 e. The van der Waals surface area contributed by atoms with Gasteiger partial charge in [-0.15, -0.1) is 5.06 Å². The number of carbonyl (C=O) groups excluding carboxylic acids is 3. The first-order valence-corrected chi connectivity index (χ1v) is 27.4. The Hall–Kier alpha value is -4.74.